The Bertz CT molecular complexity index is 1160. The molecule has 0 aliphatic carbocycles. The Hall–Kier alpha value is -3.32. The Kier molecular flexibility index (Phi) is 4.44. The van der Waals surface area contributed by atoms with E-state index < -0.39 is 0 Å². The van der Waals surface area contributed by atoms with E-state index in [2.05, 4.69) is 38.5 Å². The lowest BCUT2D eigenvalue weighted by atomic mass is 10.1. The first-order chi connectivity index (χ1) is 14.2. The second kappa shape index (κ2) is 7.25. The number of imidazole rings is 1. The molecule has 0 spiro atoms. The number of fused-ring (bicyclic) bond motifs is 1. The van der Waals surface area contributed by atoms with Gasteiger partial charge in [-0.1, -0.05) is 0 Å². The Morgan fingerprint density at radius 3 is 2.59 bits per heavy atom. The van der Waals surface area contributed by atoms with Gasteiger partial charge in [0.05, 0.1) is 42.3 Å². The van der Waals surface area contributed by atoms with Gasteiger partial charge in [0, 0.05) is 36.7 Å². The van der Waals surface area contributed by atoms with Crippen LogP contribution in [0.5, 0.6) is 0 Å². The standard InChI is InChI=1S/C22H22N6O/c1-15-11-21(27-7-9-29-10-8-27)25-13-18(15)22-26-19-5-6-23-14-20(19)28(22)17-4-3-16(2)24-12-17/h3-6,11-14H,7-10H2,1-2H3. The maximum absolute atomic E-state index is 5.46. The lowest BCUT2D eigenvalue weighted by molar-refractivity contribution is 0.122. The van der Waals surface area contributed by atoms with Gasteiger partial charge in [-0.05, 0) is 43.7 Å². The highest BCUT2D eigenvalue weighted by Gasteiger charge is 2.19. The van der Waals surface area contributed by atoms with Crippen LogP contribution in [-0.4, -0.2) is 50.8 Å². The molecular formula is C22H22N6O. The minimum absolute atomic E-state index is 0.742. The molecule has 0 atom stereocenters. The van der Waals surface area contributed by atoms with Gasteiger partial charge in [-0.2, -0.15) is 0 Å². The number of ether oxygens (including phenoxy) is 1. The van der Waals surface area contributed by atoms with E-state index in [-0.39, 0.29) is 0 Å². The minimum atomic E-state index is 0.742. The van der Waals surface area contributed by atoms with Crippen LogP contribution in [0, 0.1) is 13.8 Å². The normalized spacial score (nSPS) is 14.5. The van der Waals surface area contributed by atoms with Crippen molar-refractivity contribution in [1.29, 1.82) is 0 Å². The van der Waals surface area contributed by atoms with Crippen molar-refractivity contribution in [2.45, 2.75) is 13.8 Å². The molecule has 1 saturated heterocycles. The smallest absolute Gasteiger partial charge is 0.147 e. The van der Waals surface area contributed by atoms with Gasteiger partial charge in [0.15, 0.2) is 0 Å². The van der Waals surface area contributed by atoms with E-state index in [1.54, 1.807) is 6.20 Å². The van der Waals surface area contributed by atoms with Crippen molar-refractivity contribution in [3.63, 3.8) is 0 Å². The van der Waals surface area contributed by atoms with Gasteiger partial charge in [-0.25, -0.2) is 9.97 Å². The summed E-state index contributed by atoms with van der Waals surface area (Å²) in [6.07, 6.45) is 7.41. The zero-order chi connectivity index (χ0) is 19.8. The highest BCUT2D eigenvalue weighted by atomic mass is 16.5. The number of rotatable bonds is 3. The van der Waals surface area contributed by atoms with Crippen molar-refractivity contribution in [2.75, 3.05) is 31.2 Å². The third kappa shape index (κ3) is 3.23. The van der Waals surface area contributed by atoms with E-state index in [0.717, 1.165) is 71.5 Å². The molecule has 0 saturated carbocycles. The fourth-order valence-corrected chi connectivity index (χ4v) is 3.70. The molecule has 7 nitrogen and oxygen atoms in total. The molecule has 4 aromatic rings. The van der Waals surface area contributed by atoms with Crippen molar-refractivity contribution in [1.82, 2.24) is 24.5 Å². The van der Waals surface area contributed by atoms with E-state index in [1.807, 2.05) is 37.6 Å². The van der Waals surface area contributed by atoms with E-state index >= 15 is 0 Å². The number of aryl methyl sites for hydroxylation is 2. The molecule has 1 aliphatic heterocycles. The molecule has 4 aromatic heterocycles. The summed E-state index contributed by atoms with van der Waals surface area (Å²) < 4.78 is 7.56. The van der Waals surface area contributed by atoms with Crippen LogP contribution in [0.3, 0.4) is 0 Å². The first-order valence-corrected chi connectivity index (χ1v) is 9.76. The predicted molar refractivity (Wildman–Crippen MR) is 112 cm³/mol. The first-order valence-electron chi connectivity index (χ1n) is 9.76. The summed E-state index contributed by atoms with van der Waals surface area (Å²) in [5.74, 6) is 1.83. The lowest BCUT2D eigenvalue weighted by Gasteiger charge is -2.28. The molecule has 0 bridgehead atoms. The zero-order valence-electron chi connectivity index (χ0n) is 16.5. The zero-order valence-corrected chi connectivity index (χ0v) is 16.5. The minimum Gasteiger partial charge on any atom is -0.378 e. The molecule has 0 radical (unpaired) electrons. The van der Waals surface area contributed by atoms with Gasteiger partial charge in [0.25, 0.3) is 0 Å². The highest BCUT2D eigenvalue weighted by molar-refractivity contribution is 5.83. The summed E-state index contributed by atoms with van der Waals surface area (Å²) in [7, 11) is 0. The van der Waals surface area contributed by atoms with Crippen LogP contribution >= 0.6 is 0 Å². The second-order valence-corrected chi connectivity index (χ2v) is 7.25. The molecular weight excluding hydrogens is 364 g/mol. The summed E-state index contributed by atoms with van der Waals surface area (Å²) >= 11 is 0. The molecule has 7 heteroatoms. The summed E-state index contributed by atoms with van der Waals surface area (Å²) in [6.45, 7) is 7.31. The van der Waals surface area contributed by atoms with Crippen LogP contribution in [-0.2, 0) is 4.74 Å². The average Bonchev–Trinajstić information content (AvgIpc) is 3.14. The van der Waals surface area contributed by atoms with Crippen molar-refractivity contribution >= 4 is 16.9 Å². The molecule has 5 rings (SSSR count). The quantitative estimate of drug-likeness (QED) is 0.538. The molecule has 0 amide bonds. The van der Waals surface area contributed by atoms with Gasteiger partial charge in [0.1, 0.15) is 11.6 Å². The van der Waals surface area contributed by atoms with E-state index in [1.165, 1.54) is 0 Å². The number of pyridine rings is 3. The molecule has 146 valence electrons. The Morgan fingerprint density at radius 1 is 0.966 bits per heavy atom. The van der Waals surface area contributed by atoms with Crippen molar-refractivity contribution in [3.05, 3.63) is 60.3 Å². The van der Waals surface area contributed by atoms with Crippen LogP contribution in [0.1, 0.15) is 11.3 Å². The molecule has 1 aliphatic rings. The van der Waals surface area contributed by atoms with E-state index in [4.69, 9.17) is 14.7 Å². The van der Waals surface area contributed by atoms with Crippen molar-refractivity contribution < 1.29 is 4.74 Å². The van der Waals surface area contributed by atoms with Gasteiger partial charge < -0.3 is 9.64 Å². The summed E-state index contributed by atoms with van der Waals surface area (Å²) in [4.78, 5) is 20.7. The fraction of sp³-hybridized carbons (Fsp3) is 0.273. The predicted octanol–water partition coefficient (Wildman–Crippen LogP) is 3.33. The third-order valence-corrected chi connectivity index (χ3v) is 5.28. The molecule has 0 unspecified atom stereocenters. The Morgan fingerprint density at radius 2 is 1.83 bits per heavy atom. The van der Waals surface area contributed by atoms with Crippen LogP contribution in [0.4, 0.5) is 5.82 Å². The number of aromatic nitrogens is 5. The van der Waals surface area contributed by atoms with Crippen LogP contribution in [0.15, 0.2) is 49.1 Å². The maximum Gasteiger partial charge on any atom is 0.147 e. The first kappa shape index (κ1) is 17.8. The van der Waals surface area contributed by atoms with Crippen molar-refractivity contribution in [2.24, 2.45) is 0 Å². The SMILES string of the molecule is Cc1ccc(-n2c(-c3cnc(N4CCOCC4)cc3C)nc3ccncc32)cn1. The molecule has 0 aromatic carbocycles. The second-order valence-electron chi connectivity index (χ2n) is 7.25. The maximum atomic E-state index is 5.46. The Labute approximate surface area is 169 Å². The number of anilines is 1. The summed E-state index contributed by atoms with van der Waals surface area (Å²) in [6, 6.07) is 8.14. The molecule has 1 fully saturated rings. The number of nitrogens with zero attached hydrogens (tertiary/aromatic N) is 6. The topological polar surface area (TPSA) is 69.0 Å². The molecule has 29 heavy (non-hydrogen) atoms. The monoisotopic (exact) mass is 386 g/mol. The van der Waals surface area contributed by atoms with Crippen molar-refractivity contribution in [3.8, 4) is 17.1 Å². The van der Waals surface area contributed by atoms with Gasteiger partial charge in [0.2, 0.25) is 0 Å². The average molecular weight is 386 g/mol. The van der Waals surface area contributed by atoms with Crippen LogP contribution in [0.25, 0.3) is 28.1 Å². The lowest BCUT2D eigenvalue weighted by Crippen LogP contribution is -2.36. The van der Waals surface area contributed by atoms with Crippen LogP contribution < -0.4 is 4.90 Å². The van der Waals surface area contributed by atoms with E-state index in [9.17, 15) is 0 Å². The number of hydrogen-bond donors (Lipinski definition) is 0. The fourth-order valence-electron chi connectivity index (χ4n) is 3.70. The third-order valence-electron chi connectivity index (χ3n) is 5.28. The number of morpholine rings is 1. The summed E-state index contributed by atoms with van der Waals surface area (Å²) in [5.41, 5.74) is 5.91. The van der Waals surface area contributed by atoms with Gasteiger partial charge >= 0.3 is 0 Å². The van der Waals surface area contributed by atoms with Gasteiger partial charge in [-0.15, -0.1) is 0 Å². The largest absolute Gasteiger partial charge is 0.378 e. The number of hydrogen-bond acceptors (Lipinski definition) is 6. The van der Waals surface area contributed by atoms with E-state index in [0.29, 0.717) is 0 Å². The van der Waals surface area contributed by atoms with Crippen LogP contribution in [0.2, 0.25) is 0 Å². The summed E-state index contributed by atoms with van der Waals surface area (Å²) in [5, 5.41) is 0. The Balaban J connectivity index is 1.65. The van der Waals surface area contributed by atoms with Gasteiger partial charge in [-0.3, -0.25) is 14.5 Å². The molecule has 0 N–H and O–H groups in total. The molecule has 5 heterocycles. The highest BCUT2D eigenvalue weighted by Crippen LogP contribution is 2.31.